The molecule has 1 aliphatic carbocycles. The van der Waals surface area contributed by atoms with E-state index < -0.39 is 0 Å². The number of ether oxygens (including phenoxy) is 1. The summed E-state index contributed by atoms with van der Waals surface area (Å²) in [5, 5.41) is 2.66. The van der Waals surface area contributed by atoms with E-state index in [4.69, 9.17) is 9.72 Å². The lowest BCUT2D eigenvalue weighted by Crippen LogP contribution is -2.29. The first-order valence-corrected chi connectivity index (χ1v) is 14.6. The molecule has 1 aliphatic rings. The van der Waals surface area contributed by atoms with Crippen LogP contribution in [0.3, 0.4) is 0 Å². The zero-order chi connectivity index (χ0) is 26.9. The molecule has 1 heterocycles. The normalized spacial score (nSPS) is 19.4. The van der Waals surface area contributed by atoms with Crippen molar-refractivity contribution < 1.29 is 4.74 Å². The Balaban J connectivity index is 0.00000420. The number of pyridine rings is 1. The Bertz CT molecular complexity index is 1270. The maximum atomic E-state index is 5.40. The minimum Gasteiger partial charge on any atom is -0.501 e. The zero-order valence-corrected chi connectivity index (χ0v) is 26.0. The van der Waals surface area contributed by atoms with E-state index in [1.165, 1.54) is 52.4 Å². The van der Waals surface area contributed by atoms with Gasteiger partial charge < -0.3 is 4.74 Å². The molecule has 3 heteroatoms. The van der Waals surface area contributed by atoms with Crippen LogP contribution >= 0.6 is 9.90 Å². The predicted molar refractivity (Wildman–Crippen MR) is 172 cm³/mol. The molecule has 2 aromatic carbocycles. The number of methoxy groups -OCH3 is 1. The first-order chi connectivity index (χ1) is 18.5. The Morgan fingerprint density at radius 3 is 2.67 bits per heavy atom. The Morgan fingerprint density at radius 1 is 1.13 bits per heavy atom. The van der Waals surface area contributed by atoms with E-state index in [-0.39, 0.29) is 9.90 Å². The van der Waals surface area contributed by atoms with Crippen LogP contribution in [0, 0.1) is 17.8 Å². The van der Waals surface area contributed by atoms with E-state index in [9.17, 15) is 0 Å². The van der Waals surface area contributed by atoms with Crippen LogP contribution in [0.2, 0.25) is 0 Å². The lowest BCUT2D eigenvalue weighted by molar-refractivity contribution is 0.187. The van der Waals surface area contributed by atoms with E-state index in [1.807, 2.05) is 6.20 Å². The summed E-state index contributed by atoms with van der Waals surface area (Å²) in [6, 6.07) is 20.0. The van der Waals surface area contributed by atoms with E-state index in [2.05, 4.69) is 93.8 Å². The summed E-state index contributed by atoms with van der Waals surface area (Å²) >= 11 is 0. The predicted octanol–water partition coefficient (Wildman–Crippen LogP) is 9.67. The second kappa shape index (κ2) is 15.2. The monoisotopic (exact) mass is 541 g/mol. The minimum atomic E-state index is 0. The summed E-state index contributed by atoms with van der Waals surface area (Å²) in [4.78, 5) is 4.70. The fourth-order valence-electron chi connectivity index (χ4n) is 6.46. The molecule has 3 aromatic rings. The molecule has 1 fully saturated rings. The van der Waals surface area contributed by atoms with Crippen LogP contribution in [0.15, 0.2) is 90.5 Å². The van der Waals surface area contributed by atoms with Gasteiger partial charge in [-0.3, -0.25) is 4.98 Å². The molecule has 0 N–H and O–H groups in total. The number of allylic oxidation sites excluding steroid dienone is 3. The summed E-state index contributed by atoms with van der Waals surface area (Å²) in [6.07, 6.45) is 13.0. The molecule has 4 atom stereocenters. The van der Waals surface area contributed by atoms with Gasteiger partial charge in [0.25, 0.3) is 0 Å². The van der Waals surface area contributed by atoms with Crippen molar-refractivity contribution in [3.63, 3.8) is 0 Å². The van der Waals surface area contributed by atoms with Gasteiger partial charge >= 0.3 is 0 Å². The van der Waals surface area contributed by atoms with Crippen LogP contribution < -0.4 is 0 Å². The molecule has 0 aliphatic heterocycles. The van der Waals surface area contributed by atoms with Crippen LogP contribution in [0.1, 0.15) is 82.0 Å². The molecule has 4 unspecified atom stereocenters. The number of hydrogen-bond acceptors (Lipinski definition) is 2. The third kappa shape index (κ3) is 7.94. The molecule has 0 saturated heterocycles. The molecule has 39 heavy (non-hydrogen) atoms. The van der Waals surface area contributed by atoms with Gasteiger partial charge in [-0.25, -0.2) is 0 Å². The lowest BCUT2D eigenvalue weighted by Gasteiger charge is -2.40. The highest BCUT2D eigenvalue weighted by molar-refractivity contribution is 6.92. The number of aromatic nitrogens is 1. The summed E-state index contributed by atoms with van der Waals surface area (Å²) in [5.41, 5.74) is 8.90. The largest absolute Gasteiger partial charge is 0.501 e. The Kier molecular flexibility index (Phi) is 12.0. The van der Waals surface area contributed by atoms with Crippen molar-refractivity contribution in [2.24, 2.45) is 17.8 Å². The molecular weight excluding hydrogens is 493 g/mol. The average molecular weight is 542 g/mol. The van der Waals surface area contributed by atoms with Crippen LogP contribution in [0.5, 0.6) is 0 Å². The van der Waals surface area contributed by atoms with Crippen molar-refractivity contribution >= 4 is 20.7 Å². The fraction of sp³-hybridized carbons (Fsp3) is 0.444. The van der Waals surface area contributed by atoms with E-state index >= 15 is 0 Å². The van der Waals surface area contributed by atoms with Crippen LogP contribution in [-0.4, -0.2) is 12.1 Å². The molecule has 0 spiro atoms. The number of hydrogen-bond donors (Lipinski definition) is 0. The highest BCUT2D eigenvalue weighted by Crippen LogP contribution is 2.46. The maximum Gasteiger partial charge on any atom is 0.0912 e. The topological polar surface area (TPSA) is 22.1 Å². The third-order valence-corrected chi connectivity index (χ3v) is 8.62. The van der Waals surface area contributed by atoms with Crippen molar-refractivity contribution in [1.29, 1.82) is 0 Å². The highest BCUT2D eigenvalue weighted by atomic mass is 31.0. The number of unbranched alkanes of at least 4 members (excludes halogenated alkanes) is 1. The van der Waals surface area contributed by atoms with E-state index in [0.717, 1.165) is 37.9 Å². The summed E-state index contributed by atoms with van der Waals surface area (Å²) < 4.78 is 5.40. The summed E-state index contributed by atoms with van der Waals surface area (Å²) in [5.74, 6) is 3.49. The SMILES string of the molecule is C=C=C(Cc1cccc2ccccc12)C1CCC(c2ccnc(CCC/C=C(\CC)OC)c2)CC1C(C)C.P. The zero-order valence-electron chi connectivity index (χ0n) is 24.6. The first kappa shape index (κ1) is 30.9. The van der Waals surface area contributed by atoms with Crippen molar-refractivity contribution in [3.8, 4) is 0 Å². The smallest absolute Gasteiger partial charge is 0.0912 e. The summed E-state index contributed by atoms with van der Waals surface area (Å²) in [7, 11) is 1.76. The van der Waals surface area contributed by atoms with Gasteiger partial charge in [0.1, 0.15) is 0 Å². The number of rotatable bonds is 11. The van der Waals surface area contributed by atoms with Gasteiger partial charge in [0, 0.05) is 24.7 Å². The van der Waals surface area contributed by atoms with Crippen LogP contribution in [0.4, 0.5) is 0 Å². The summed E-state index contributed by atoms with van der Waals surface area (Å²) in [6.45, 7) is 11.1. The van der Waals surface area contributed by atoms with Gasteiger partial charge in [-0.15, -0.1) is 5.73 Å². The van der Waals surface area contributed by atoms with Gasteiger partial charge in [-0.05, 0) is 108 Å². The minimum absolute atomic E-state index is 0. The number of nitrogens with zero attached hydrogens (tertiary/aromatic N) is 1. The van der Waals surface area contributed by atoms with Gasteiger partial charge in [0.2, 0.25) is 0 Å². The average Bonchev–Trinajstić information content (AvgIpc) is 2.96. The number of aryl methyl sites for hydroxylation is 1. The molecule has 2 nitrogen and oxygen atoms in total. The molecule has 4 rings (SSSR count). The fourth-order valence-corrected chi connectivity index (χ4v) is 6.46. The van der Waals surface area contributed by atoms with Crippen LogP contribution in [0.25, 0.3) is 10.8 Å². The second-order valence-corrected chi connectivity index (χ2v) is 11.2. The third-order valence-electron chi connectivity index (χ3n) is 8.62. The Morgan fingerprint density at radius 2 is 1.92 bits per heavy atom. The van der Waals surface area contributed by atoms with E-state index in [0.29, 0.717) is 23.7 Å². The molecule has 0 amide bonds. The van der Waals surface area contributed by atoms with Crippen molar-refractivity contribution in [3.05, 3.63) is 107 Å². The van der Waals surface area contributed by atoms with Crippen LogP contribution in [-0.2, 0) is 17.6 Å². The number of fused-ring (bicyclic) bond motifs is 1. The van der Waals surface area contributed by atoms with E-state index in [1.54, 1.807) is 7.11 Å². The Labute approximate surface area is 240 Å². The second-order valence-electron chi connectivity index (χ2n) is 11.2. The number of benzene rings is 2. The molecular formula is C36H48NOP. The molecule has 0 radical (unpaired) electrons. The molecule has 208 valence electrons. The standard InChI is InChI=1S/C36H45NO.H3P/c1-6-27(23-31-15-12-14-28-13-8-11-18-34(28)31)35-20-19-29(25-36(35)26(3)4)30-21-22-37-32(24-30)16-9-10-17-33(7-2)38-5;/h8,11-15,17-18,21-22,24,26,29,35-36H,1,7,9-10,16,19-20,23,25H2,2-5H3;1H3/b33-17+;. The Hall–Kier alpha value is -2.66. The van der Waals surface area contributed by atoms with Gasteiger partial charge in [0.15, 0.2) is 0 Å². The highest BCUT2D eigenvalue weighted by Gasteiger charge is 2.35. The van der Waals surface area contributed by atoms with Crippen molar-refractivity contribution in [2.45, 2.75) is 78.1 Å². The molecule has 1 saturated carbocycles. The van der Waals surface area contributed by atoms with Gasteiger partial charge in [-0.1, -0.05) is 69.8 Å². The van der Waals surface area contributed by atoms with Gasteiger partial charge in [0.05, 0.1) is 12.9 Å². The maximum absolute atomic E-state index is 5.40. The van der Waals surface area contributed by atoms with Crippen molar-refractivity contribution in [2.75, 3.05) is 7.11 Å². The van der Waals surface area contributed by atoms with Crippen molar-refractivity contribution in [1.82, 2.24) is 4.98 Å². The first-order valence-electron chi connectivity index (χ1n) is 14.6. The molecule has 0 bridgehead atoms. The molecule has 1 aromatic heterocycles. The van der Waals surface area contributed by atoms with Gasteiger partial charge in [-0.2, -0.15) is 9.90 Å². The quantitative estimate of drug-likeness (QED) is 0.104. The lowest BCUT2D eigenvalue weighted by atomic mass is 9.65.